The third-order valence-electron chi connectivity index (χ3n) is 5.04. The normalized spacial score (nSPS) is 22.2. The van der Waals surface area contributed by atoms with Gasteiger partial charge in [0.25, 0.3) is 10.0 Å². The highest BCUT2D eigenvalue weighted by Gasteiger charge is 2.40. The van der Waals surface area contributed by atoms with Crippen molar-refractivity contribution in [1.29, 1.82) is 0 Å². The maximum atomic E-state index is 13.0. The average molecular weight is 393 g/mol. The Morgan fingerprint density at radius 2 is 2.04 bits per heavy atom. The number of aryl methyl sites for hydroxylation is 1. The van der Waals surface area contributed by atoms with Crippen LogP contribution < -0.4 is 5.32 Å². The van der Waals surface area contributed by atoms with Gasteiger partial charge in [0, 0.05) is 44.8 Å². The molecule has 0 amide bonds. The molecule has 1 fully saturated rings. The lowest BCUT2D eigenvalue weighted by atomic mass is 9.94. The van der Waals surface area contributed by atoms with Gasteiger partial charge in [-0.25, -0.2) is 13.4 Å². The Bertz CT molecular complexity index is 838. The Hall–Kier alpha value is -1.74. The summed E-state index contributed by atoms with van der Waals surface area (Å²) in [7, 11) is -1.89. The number of hydrogen-bond donors (Lipinski definition) is 2. The van der Waals surface area contributed by atoms with Gasteiger partial charge in [-0.1, -0.05) is 43.7 Å². The van der Waals surface area contributed by atoms with Crippen molar-refractivity contribution >= 4 is 10.0 Å². The summed E-state index contributed by atoms with van der Waals surface area (Å²) in [5, 5.41) is 13.5. The molecule has 2 heterocycles. The lowest BCUT2D eigenvalue weighted by molar-refractivity contribution is 0.156. The van der Waals surface area contributed by atoms with Crippen LogP contribution in [0, 0.1) is 0 Å². The predicted molar refractivity (Wildman–Crippen MR) is 104 cm³/mol. The number of benzene rings is 1. The van der Waals surface area contributed by atoms with E-state index in [2.05, 4.69) is 10.3 Å². The summed E-state index contributed by atoms with van der Waals surface area (Å²) in [6.07, 6.45) is 4.24. The van der Waals surface area contributed by atoms with E-state index in [1.54, 1.807) is 11.6 Å². The van der Waals surface area contributed by atoms with Crippen LogP contribution in [0.1, 0.15) is 31.2 Å². The van der Waals surface area contributed by atoms with E-state index in [1.165, 1.54) is 16.8 Å². The molecule has 3 rings (SSSR count). The topological polar surface area (TPSA) is 87.5 Å². The molecule has 0 spiro atoms. The van der Waals surface area contributed by atoms with Crippen LogP contribution in [0.15, 0.2) is 47.9 Å². The fraction of sp³-hybridized carbons (Fsp3) is 0.526. The third kappa shape index (κ3) is 4.57. The van der Waals surface area contributed by atoms with Gasteiger partial charge < -0.3 is 15.0 Å². The molecule has 1 aliphatic heterocycles. The summed E-state index contributed by atoms with van der Waals surface area (Å²) in [4.78, 5) is 4.03. The van der Waals surface area contributed by atoms with Crippen molar-refractivity contribution in [2.24, 2.45) is 7.05 Å². The predicted octanol–water partition coefficient (Wildman–Crippen LogP) is 1.33. The molecular formula is C19H28N4O3S. The Morgan fingerprint density at radius 3 is 2.67 bits per heavy atom. The molecule has 27 heavy (non-hydrogen) atoms. The number of hydrogen-bond acceptors (Lipinski definition) is 5. The van der Waals surface area contributed by atoms with Crippen LogP contribution in [0.2, 0.25) is 0 Å². The Labute approximate surface area is 161 Å². The summed E-state index contributed by atoms with van der Waals surface area (Å²) < 4.78 is 29.1. The van der Waals surface area contributed by atoms with E-state index < -0.39 is 16.1 Å². The minimum absolute atomic E-state index is 0.0264. The maximum absolute atomic E-state index is 13.0. The fourth-order valence-corrected chi connectivity index (χ4v) is 5.04. The molecule has 0 radical (unpaired) electrons. The lowest BCUT2D eigenvalue weighted by Crippen LogP contribution is -2.40. The number of nitrogens with zero attached hydrogens (tertiary/aromatic N) is 3. The largest absolute Gasteiger partial charge is 0.392 e. The molecule has 0 bridgehead atoms. The number of imidazole rings is 1. The van der Waals surface area contributed by atoms with Crippen LogP contribution in [0.5, 0.6) is 0 Å². The number of aromatic nitrogens is 2. The summed E-state index contributed by atoms with van der Waals surface area (Å²) in [5.41, 5.74) is 1.10. The molecule has 148 valence electrons. The zero-order chi connectivity index (χ0) is 19.4. The highest BCUT2D eigenvalue weighted by Crippen LogP contribution is 2.31. The number of sulfonamides is 1. The maximum Gasteiger partial charge on any atom is 0.262 e. The molecule has 0 saturated carbocycles. The molecule has 3 atom stereocenters. The smallest absolute Gasteiger partial charge is 0.262 e. The minimum Gasteiger partial charge on any atom is -0.392 e. The highest BCUT2D eigenvalue weighted by atomic mass is 32.2. The summed E-state index contributed by atoms with van der Waals surface area (Å²) >= 11 is 0. The number of nitrogens with one attached hydrogen (secondary N) is 1. The van der Waals surface area contributed by atoms with Crippen molar-refractivity contribution in [1.82, 2.24) is 19.2 Å². The second-order valence-electron chi connectivity index (χ2n) is 7.17. The van der Waals surface area contributed by atoms with Gasteiger partial charge in [-0.15, -0.1) is 0 Å². The van der Waals surface area contributed by atoms with Crippen molar-refractivity contribution in [3.63, 3.8) is 0 Å². The van der Waals surface area contributed by atoms with Gasteiger partial charge in [0.2, 0.25) is 0 Å². The average Bonchev–Trinajstić information content (AvgIpc) is 3.28. The first-order valence-corrected chi connectivity index (χ1v) is 10.8. The Kier molecular flexibility index (Phi) is 6.31. The van der Waals surface area contributed by atoms with Crippen LogP contribution >= 0.6 is 0 Å². The molecule has 8 heteroatoms. The highest BCUT2D eigenvalue weighted by molar-refractivity contribution is 7.89. The van der Waals surface area contributed by atoms with Gasteiger partial charge in [0.05, 0.1) is 12.4 Å². The first kappa shape index (κ1) is 20.0. The molecule has 1 unspecified atom stereocenters. The van der Waals surface area contributed by atoms with Gasteiger partial charge >= 0.3 is 0 Å². The monoisotopic (exact) mass is 392 g/mol. The van der Waals surface area contributed by atoms with Crippen LogP contribution in [0.4, 0.5) is 0 Å². The van der Waals surface area contributed by atoms with Crippen LogP contribution in [-0.4, -0.2) is 59.2 Å². The van der Waals surface area contributed by atoms with E-state index in [-0.39, 0.29) is 17.0 Å². The van der Waals surface area contributed by atoms with Gasteiger partial charge in [-0.2, -0.15) is 4.31 Å². The van der Waals surface area contributed by atoms with Crippen molar-refractivity contribution in [3.05, 3.63) is 48.4 Å². The number of aliphatic hydroxyl groups excluding tert-OH is 1. The van der Waals surface area contributed by atoms with Gasteiger partial charge in [-0.05, 0) is 12.0 Å². The quantitative estimate of drug-likeness (QED) is 0.708. The van der Waals surface area contributed by atoms with E-state index >= 15 is 0 Å². The van der Waals surface area contributed by atoms with E-state index in [0.29, 0.717) is 19.6 Å². The third-order valence-corrected chi connectivity index (χ3v) is 6.75. The molecule has 1 aliphatic rings. The second-order valence-corrected chi connectivity index (χ2v) is 9.06. The first-order chi connectivity index (χ1) is 12.9. The number of rotatable bonds is 8. The summed E-state index contributed by atoms with van der Waals surface area (Å²) in [5.74, 6) is 0.0264. The summed E-state index contributed by atoms with van der Waals surface area (Å²) in [6.45, 7) is 3.24. The van der Waals surface area contributed by atoms with Gasteiger partial charge in [-0.3, -0.25) is 0 Å². The van der Waals surface area contributed by atoms with Crippen molar-refractivity contribution in [2.45, 2.75) is 42.9 Å². The molecule has 1 aromatic carbocycles. The van der Waals surface area contributed by atoms with E-state index in [4.69, 9.17) is 0 Å². The lowest BCUT2D eigenvalue weighted by Gasteiger charge is -2.22. The fourth-order valence-electron chi connectivity index (χ4n) is 3.59. The molecule has 0 aliphatic carbocycles. The van der Waals surface area contributed by atoms with Crippen molar-refractivity contribution in [2.75, 3.05) is 19.6 Å². The molecule has 1 aromatic heterocycles. The van der Waals surface area contributed by atoms with Crippen LogP contribution in [0.3, 0.4) is 0 Å². The van der Waals surface area contributed by atoms with Crippen molar-refractivity contribution in [3.8, 4) is 0 Å². The van der Waals surface area contributed by atoms with E-state index in [1.807, 2.05) is 37.3 Å². The van der Waals surface area contributed by atoms with Gasteiger partial charge in [0.15, 0.2) is 5.03 Å². The zero-order valence-electron chi connectivity index (χ0n) is 15.8. The minimum atomic E-state index is -3.64. The van der Waals surface area contributed by atoms with Crippen LogP contribution in [-0.2, 0) is 17.1 Å². The molecular weight excluding hydrogens is 364 g/mol. The summed E-state index contributed by atoms with van der Waals surface area (Å²) in [6, 6.07) is 9.88. The Morgan fingerprint density at radius 1 is 1.30 bits per heavy atom. The van der Waals surface area contributed by atoms with Gasteiger partial charge in [0.1, 0.15) is 0 Å². The van der Waals surface area contributed by atoms with E-state index in [0.717, 1.165) is 18.4 Å². The zero-order valence-corrected chi connectivity index (χ0v) is 16.6. The molecule has 2 N–H and O–H groups in total. The molecule has 1 saturated heterocycles. The van der Waals surface area contributed by atoms with Crippen molar-refractivity contribution < 1.29 is 13.5 Å². The molecule has 2 aromatic rings. The first-order valence-electron chi connectivity index (χ1n) is 9.36. The van der Waals surface area contributed by atoms with E-state index in [9.17, 15) is 13.5 Å². The standard InChI is InChI=1S/C19H28N4O3S/c1-3-7-16(24)10-20-18-12-23(11-17(18)15-8-5-4-6-9-15)27(25,26)19-13-22(2)14-21-19/h4-6,8-9,13-14,16-18,20,24H,3,7,10-12H2,1-2H3/t16?,17-,18+/m1/s1. The Balaban J connectivity index is 1.80. The SMILES string of the molecule is CCCC(O)CN[C@H]1CN(S(=O)(=O)c2cn(C)cn2)C[C@@H]1c1ccccc1. The second kappa shape index (κ2) is 8.52. The molecule has 7 nitrogen and oxygen atoms in total. The van der Waals surface area contributed by atoms with Crippen LogP contribution in [0.25, 0.3) is 0 Å². The number of aliphatic hydroxyl groups is 1.